The number of piperidine rings is 1. The summed E-state index contributed by atoms with van der Waals surface area (Å²) in [6.07, 6.45) is 5.81. The number of rotatable bonds is 8. The van der Waals surface area contributed by atoms with E-state index in [0.717, 1.165) is 38.9 Å². The molecule has 1 aromatic heterocycles. The number of amides is 2. The summed E-state index contributed by atoms with van der Waals surface area (Å²) >= 11 is 0. The van der Waals surface area contributed by atoms with Crippen molar-refractivity contribution in [2.45, 2.75) is 58.3 Å². The average Bonchev–Trinajstić information content (AvgIpc) is 2.85. The van der Waals surface area contributed by atoms with Gasteiger partial charge >= 0.3 is 12.6 Å². The number of ether oxygens (including phenoxy) is 1. The molecule has 0 bridgehead atoms. The third-order valence-electron chi connectivity index (χ3n) is 7.06. The number of aromatic nitrogens is 2. The number of benzene rings is 1. The second-order valence-electron chi connectivity index (χ2n) is 9.83. The molecule has 8 nitrogen and oxygen atoms in total. The number of carbonyl (C=O) groups is 1. The minimum atomic E-state index is -2.91. The fraction of sp³-hybridized carbons (Fsp3) is 0.577. The van der Waals surface area contributed by atoms with Crippen molar-refractivity contribution in [1.82, 2.24) is 25.1 Å². The van der Waals surface area contributed by atoms with E-state index in [1.165, 1.54) is 18.0 Å². The van der Waals surface area contributed by atoms with Gasteiger partial charge in [0.1, 0.15) is 0 Å². The smallest absolute Gasteiger partial charge is 0.387 e. The van der Waals surface area contributed by atoms with Gasteiger partial charge in [-0.3, -0.25) is 4.90 Å². The molecule has 1 aromatic carbocycles. The number of nitrogens with zero attached hydrogens (tertiary/aromatic N) is 5. The zero-order valence-electron chi connectivity index (χ0n) is 21.0. The molecule has 0 spiro atoms. The van der Waals surface area contributed by atoms with Crippen LogP contribution in [0, 0.1) is 5.92 Å². The molecule has 0 saturated carbocycles. The Hall–Kier alpha value is -3.01. The standard InChI is InChI=1S/C26H36F2N6O2/c1-19-16-33(25-30-14-23(15-31-25)36-24(27)28)17-20(2)34(19)26(35)29-11-8-21-9-12-32(13-10-21)18-22-6-4-3-5-7-22/h3-7,14-15,19-21,24H,8-13,16-18H2,1-2H3,(H,29,35)/t19-,20+. The Labute approximate surface area is 211 Å². The molecule has 2 amide bonds. The largest absolute Gasteiger partial charge is 0.432 e. The van der Waals surface area contributed by atoms with Gasteiger partial charge in [-0.15, -0.1) is 0 Å². The molecule has 2 aliphatic heterocycles. The summed E-state index contributed by atoms with van der Waals surface area (Å²) in [5.74, 6) is 1.00. The molecule has 2 atom stereocenters. The number of halogens is 2. The van der Waals surface area contributed by atoms with Crippen LogP contribution in [-0.4, -0.2) is 77.2 Å². The van der Waals surface area contributed by atoms with Gasteiger partial charge in [-0.25, -0.2) is 14.8 Å². The average molecular weight is 503 g/mol. The maximum absolute atomic E-state index is 13.0. The zero-order chi connectivity index (χ0) is 25.5. The number of anilines is 1. The van der Waals surface area contributed by atoms with Crippen LogP contribution < -0.4 is 15.0 Å². The molecule has 0 aliphatic carbocycles. The lowest BCUT2D eigenvalue weighted by Crippen LogP contribution is -2.61. The molecule has 4 rings (SSSR count). The van der Waals surface area contributed by atoms with Gasteiger partial charge in [0.05, 0.1) is 12.4 Å². The number of hydrogen-bond donors (Lipinski definition) is 1. The third-order valence-corrected chi connectivity index (χ3v) is 7.06. The Balaban J connectivity index is 1.18. The quantitative estimate of drug-likeness (QED) is 0.589. The van der Waals surface area contributed by atoms with E-state index in [0.29, 0.717) is 31.5 Å². The molecule has 0 unspecified atom stereocenters. The highest BCUT2D eigenvalue weighted by Crippen LogP contribution is 2.23. The van der Waals surface area contributed by atoms with E-state index in [1.807, 2.05) is 23.6 Å². The number of likely N-dealkylation sites (tertiary alicyclic amines) is 1. The molecule has 36 heavy (non-hydrogen) atoms. The normalized spacial score (nSPS) is 21.6. The number of carbonyl (C=O) groups excluding carboxylic acids is 1. The van der Waals surface area contributed by atoms with Gasteiger partial charge < -0.3 is 19.9 Å². The molecule has 3 heterocycles. The maximum Gasteiger partial charge on any atom is 0.387 e. The highest BCUT2D eigenvalue weighted by molar-refractivity contribution is 5.75. The highest BCUT2D eigenvalue weighted by atomic mass is 19.3. The highest BCUT2D eigenvalue weighted by Gasteiger charge is 2.34. The van der Waals surface area contributed by atoms with E-state index in [4.69, 9.17) is 0 Å². The molecule has 10 heteroatoms. The Morgan fingerprint density at radius 1 is 1.08 bits per heavy atom. The summed E-state index contributed by atoms with van der Waals surface area (Å²) in [6.45, 7) is 6.09. The van der Waals surface area contributed by atoms with E-state index in [9.17, 15) is 13.6 Å². The SMILES string of the molecule is C[C@@H]1CN(c2ncc(OC(F)F)cn2)C[C@H](C)N1C(=O)NCCC1CCN(Cc2ccccc2)CC1. The Morgan fingerprint density at radius 2 is 1.72 bits per heavy atom. The summed E-state index contributed by atoms with van der Waals surface area (Å²) in [7, 11) is 0. The Kier molecular flexibility index (Phi) is 8.90. The van der Waals surface area contributed by atoms with Crippen LogP contribution in [0.3, 0.4) is 0 Å². The minimum Gasteiger partial charge on any atom is -0.432 e. The Morgan fingerprint density at radius 3 is 2.33 bits per heavy atom. The molecule has 0 radical (unpaired) electrons. The molecule has 2 aliphatic rings. The van der Waals surface area contributed by atoms with Crippen LogP contribution in [0.1, 0.15) is 38.7 Å². The molecule has 196 valence electrons. The van der Waals surface area contributed by atoms with Gasteiger partial charge in [0.15, 0.2) is 5.75 Å². The van der Waals surface area contributed by atoms with Crippen molar-refractivity contribution in [3.05, 3.63) is 48.3 Å². The first kappa shape index (κ1) is 26.1. The molecule has 2 fully saturated rings. The molecule has 2 aromatic rings. The number of urea groups is 1. The van der Waals surface area contributed by atoms with Gasteiger partial charge in [-0.05, 0) is 57.7 Å². The first-order valence-electron chi connectivity index (χ1n) is 12.7. The van der Waals surface area contributed by atoms with E-state index in [2.05, 4.69) is 55.3 Å². The fourth-order valence-electron chi connectivity index (χ4n) is 5.27. The lowest BCUT2D eigenvalue weighted by atomic mass is 9.93. The topological polar surface area (TPSA) is 73.8 Å². The van der Waals surface area contributed by atoms with Crippen molar-refractivity contribution in [1.29, 1.82) is 0 Å². The predicted octanol–water partition coefficient (Wildman–Crippen LogP) is 3.99. The van der Waals surface area contributed by atoms with Crippen LogP contribution in [0.4, 0.5) is 19.5 Å². The van der Waals surface area contributed by atoms with Crippen LogP contribution in [0.5, 0.6) is 5.75 Å². The first-order chi connectivity index (χ1) is 17.4. The Bertz CT molecular complexity index is 945. The van der Waals surface area contributed by atoms with Crippen molar-refractivity contribution in [3.63, 3.8) is 0 Å². The van der Waals surface area contributed by atoms with E-state index >= 15 is 0 Å². The molecule has 2 saturated heterocycles. The van der Waals surface area contributed by atoms with Gasteiger partial charge in [0.25, 0.3) is 0 Å². The summed E-state index contributed by atoms with van der Waals surface area (Å²) < 4.78 is 29.0. The second kappa shape index (κ2) is 12.3. The molecular weight excluding hydrogens is 466 g/mol. The van der Waals surface area contributed by atoms with Crippen molar-refractivity contribution in [2.24, 2.45) is 5.92 Å². The van der Waals surface area contributed by atoms with E-state index in [1.54, 1.807) is 0 Å². The van der Waals surface area contributed by atoms with Crippen LogP contribution in [0.2, 0.25) is 0 Å². The van der Waals surface area contributed by atoms with Gasteiger partial charge in [0, 0.05) is 38.3 Å². The van der Waals surface area contributed by atoms with Gasteiger partial charge in [-0.2, -0.15) is 8.78 Å². The summed E-state index contributed by atoms with van der Waals surface area (Å²) in [5.41, 5.74) is 1.36. The maximum atomic E-state index is 13.0. The summed E-state index contributed by atoms with van der Waals surface area (Å²) in [5, 5.41) is 3.13. The number of alkyl halides is 2. The van der Waals surface area contributed by atoms with Crippen molar-refractivity contribution in [2.75, 3.05) is 37.6 Å². The van der Waals surface area contributed by atoms with Crippen LogP contribution in [-0.2, 0) is 6.54 Å². The first-order valence-corrected chi connectivity index (χ1v) is 12.7. The number of nitrogens with one attached hydrogen (secondary N) is 1. The van der Waals surface area contributed by atoms with E-state index < -0.39 is 6.61 Å². The number of piperazine rings is 1. The second-order valence-corrected chi connectivity index (χ2v) is 9.83. The van der Waals surface area contributed by atoms with Gasteiger partial charge in [0.2, 0.25) is 5.95 Å². The lowest BCUT2D eigenvalue weighted by Gasteiger charge is -2.44. The third kappa shape index (κ3) is 7.02. The van der Waals surface area contributed by atoms with Crippen LogP contribution >= 0.6 is 0 Å². The predicted molar refractivity (Wildman–Crippen MR) is 134 cm³/mol. The van der Waals surface area contributed by atoms with E-state index in [-0.39, 0.29) is 23.9 Å². The summed E-state index contributed by atoms with van der Waals surface area (Å²) in [4.78, 5) is 27.7. The molecular formula is C26H36F2N6O2. The fourth-order valence-corrected chi connectivity index (χ4v) is 5.27. The van der Waals surface area contributed by atoms with Crippen LogP contribution in [0.15, 0.2) is 42.7 Å². The number of hydrogen-bond acceptors (Lipinski definition) is 6. The summed E-state index contributed by atoms with van der Waals surface area (Å²) in [6, 6.07) is 10.5. The van der Waals surface area contributed by atoms with Gasteiger partial charge in [-0.1, -0.05) is 30.3 Å². The monoisotopic (exact) mass is 502 g/mol. The van der Waals surface area contributed by atoms with Crippen molar-refractivity contribution >= 4 is 12.0 Å². The molecule has 1 N–H and O–H groups in total. The zero-order valence-corrected chi connectivity index (χ0v) is 21.0. The van der Waals surface area contributed by atoms with Crippen molar-refractivity contribution < 1.29 is 18.3 Å². The van der Waals surface area contributed by atoms with Crippen LogP contribution in [0.25, 0.3) is 0 Å². The lowest BCUT2D eigenvalue weighted by molar-refractivity contribution is -0.0503. The minimum absolute atomic E-state index is 0.0437. The van der Waals surface area contributed by atoms with Crippen molar-refractivity contribution in [3.8, 4) is 5.75 Å².